The highest BCUT2D eigenvalue weighted by Crippen LogP contribution is 2.42. The van der Waals surface area contributed by atoms with Crippen molar-refractivity contribution >= 4 is 5.91 Å². The van der Waals surface area contributed by atoms with Crippen LogP contribution in [-0.4, -0.2) is 41.9 Å². The predicted octanol–water partition coefficient (Wildman–Crippen LogP) is 6.74. The lowest BCUT2D eigenvalue weighted by Gasteiger charge is -2.38. The monoisotopic (exact) mass is 506 g/mol. The van der Waals surface area contributed by atoms with E-state index in [0.29, 0.717) is 19.0 Å². The number of hydrogen-bond donors (Lipinski definition) is 0. The summed E-state index contributed by atoms with van der Waals surface area (Å²) in [6, 6.07) is 26.5. The number of benzene rings is 3. The van der Waals surface area contributed by atoms with Crippen LogP contribution in [0.4, 0.5) is 13.2 Å². The maximum Gasteiger partial charge on any atom is 0.416 e. The average molecular weight is 507 g/mol. The first-order valence-corrected chi connectivity index (χ1v) is 13.1. The zero-order chi connectivity index (χ0) is 25.9. The molecule has 6 heteroatoms. The number of alkyl halides is 3. The van der Waals surface area contributed by atoms with Gasteiger partial charge in [0.05, 0.1) is 11.0 Å². The molecule has 5 rings (SSSR count). The predicted molar refractivity (Wildman–Crippen MR) is 139 cm³/mol. The van der Waals surface area contributed by atoms with Gasteiger partial charge < -0.3 is 9.80 Å². The standard InChI is InChI=1S/C31H33F3N2O/c32-31(33,34)27-13-11-24(12-14-27)23-36-22-18-30(29(36)37)16-20-35(21-17-30)19-15-28(25-7-3-1-4-8-25)26-9-5-2-6-10-26/h1-14,28H,15-23H2. The van der Waals surface area contributed by atoms with Crippen molar-refractivity contribution in [3.8, 4) is 0 Å². The molecule has 0 radical (unpaired) electrons. The Labute approximate surface area is 216 Å². The van der Waals surface area contributed by atoms with Crippen LogP contribution in [0, 0.1) is 5.41 Å². The van der Waals surface area contributed by atoms with Crippen LogP contribution < -0.4 is 0 Å². The molecule has 0 atom stereocenters. The molecule has 0 bridgehead atoms. The van der Waals surface area contributed by atoms with Crippen LogP contribution >= 0.6 is 0 Å². The molecule has 0 aliphatic carbocycles. The van der Waals surface area contributed by atoms with E-state index >= 15 is 0 Å². The maximum absolute atomic E-state index is 13.4. The molecule has 194 valence electrons. The van der Waals surface area contributed by atoms with E-state index in [4.69, 9.17) is 0 Å². The van der Waals surface area contributed by atoms with Gasteiger partial charge in [-0.25, -0.2) is 0 Å². The van der Waals surface area contributed by atoms with E-state index < -0.39 is 11.7 Å². The molecule has 2 heterocycles. The first-order chi connectivity index (χ1) is 17.8. The van der Waals surface area contributed by atoms with E-state index in [-0.39, 0.29) is 11.3 Å². The molecule has 3 aromatic carbocycles. The molecule has 0 saturated carbocycles. The molecule has 1 amide bonds. The molecule has 1 spiro atoms. The normalized spacial score (nSPS) is 18.2. The molecular weight excluding hydrogens is 473 g/mol. The minimum Gasteiger partial charge on any atom is -0.338 e. The molecule has 37 heavy (non-hydrogen) atoms. The molecule has 0 N–H and O–H groups in total. The van der Waals surface area contributed by atoms with Gasteiger partial charge in [-0.15, -0.1) is 0 Å². The van der Waals surface area contributed by atoms with Gasteiger partial charge in [-0.1, -0.05) is 72.8 Å². The van der Waals surface area contributed by atoms with E-state index in [9.17, 15) is 18.0 Å². The van der Waals surface area contributed by atoms with E-state index in [1.54, 1.807) is 0 Å². The third-order valence-corrected chi connectivity index (χ3v) is 8.21. The van der Waals surface area contributed by atoms with Gasteiger partial charge in [0.25, 0.3) is 0 Å². The lowest BCUT2D eigenvalue weighted by Crippen LogP contribution is -2.45. The molecule has 2 saturated heterocycles. The van der Waals surface area contributed by atoms with Crippen molar-refractivity contribution in [1.82, 2.24) is 9.80 Å². The van der Waals surface area contributed by atoms with Crippen molar-refractivity contribution in [2.75, 3.05) is 26.2 Å². The summed E-state index contributed by atoms with van der Waals surface area (Å²) in [4.78, 5) is 17.7. The molecule has 3 aromatic rings. The number of piperidine rings is 1. The van der Waals surface area contributed by atoms with Crippen molar-refractivity contribution in [1.29, 1.82) is 0 Å². The first kappa shape index (κ1) is 25.5. The van der Waals surface area contributed by atoms with Crippen LogP contribution in [0.2, 0.25) is 0 Å². The lowest BCUT2D eigenvalue weighted by atomic mass is 9.77. The zero-order valence-corrected chi connectivity index (χ0v) is 21.0. The number of amides is 1. The Kier molecular flexibility index (Phi) is 7.38. The van der Waals surface area contributed by atoms with Gasteiger partial charge >= 0.3 is 6.18 Å². The molecule has 0 unspecified atom stereocenters. The third-order valence-electron chi connectivity index (χ3n) is 8.21. The van der Waals surface area contributed by atoms with Crippen molar-refractivity contribution in [2.24, 2.45) is 5.41 Å². The summed E-state index contributed by atoms with van der Waals surface area (Å²) in [5, 5.41) is 0. The highest BCUT2D eigenvalue weighted by atomic mass is 19.4. The van der Waals surface area contributed by atoms with Gasteiger partial charge in [-0.3, -0.25) is 4.79 Å². The summed E-state index contributed by atoms with van der Waals surface area (Å²) in [7, 11) is 0. The van der Waals surface area contributed by atoms with Crippen molar-refractivity contribution in [3.63, 3.8) is 0 Å². The topological polar surface area (TPSA) is 23.6 Å². The largest absolute Gasteiger partial charge is 0.416 e. The quantitative estimate of drug-likeness (QED) is 0.354. The van der Waals surface area contributed by atoms with Crippen molar-refractivity contribution in [3.05, 3.63) is 107 Å². The number of carbonyl (C=O) groups is 1. The van der Waals surface area contributed by atoms with Crippen LogP contribution in [0.3, 0.4) is 0 Å². The summed E-state index contributed by atoms with van der Waals surface area (Å²) >= 11 is 0. The second kappa shape index (κ2) is 10.7. The summed E-state index contributed by atoms with van der Waals surface area (Å²) in [5.74, 6) is 0.504. The van der Waals surface area contributed by atoms with Crippen LogP contribution in [-0.2, 0) is 17.5 Å². The van der Waals surface area contributed by atoms with E-state index in [1.165, 1.54) is 23.3 Å². The van der Waals surface area contributed by atoms with Gasteiger partial charge in [-0.05, 0) is 74.1 Å². The molecule has 2 fully saturated rings. The Morgan fingerprint density at radius 1 is 0.757 bits per heavy atom. The van der Waals surface area contributed by atoms with Crippen molar-refractivity contribution in [2.45, 2.75) is 44.3 Å². The van der Waals surface area contributed by atoms with Crippen LogP contribution in [0.25, 0.3) is 0 Å². The molecule has 3 nitrogen and oxygen atoms in total. The Morgan fingerprint density at radius 2 is 1.30 bits per heavy atom. The van der Waals surface area contributed by atoms with Gasteiger partial charge in [0.1, 0.15) is 0 Å². The molecule has 0 aromatic heterocycles. The Morgan fingerprint density at radius 3 is 1.84 bits per heavy atom. The second-order valence-electron chi connectivity index (χ2n) is 10.5. The third kappa shape index (κ3) is 5.74. The fourth-order valence-electron chi connectivity index (χ4n) is 5.94. The zero-order valence-electron chi connectivity index (χ0n) is 21.0. The van der Waals surface area contributed by atoms with Gasteiger partial charge in [0, 0.05) is 19.0 Å². The van der Waals surface area contributed by atoms with E-state index in [0.717, 1.165) is 63.0 Å². The number of hydrogen-bond acceptors (Lipinski definition) is 2. The highest BCUT2D eigenvalue weighted by Gasteiger charge is 2.47. The minimum absolute atomic E-state index is 0.165. The summed E-state index contributed by atoms with van der Waals surface area (Å²) < 4.78 is 38.6. The van der Waals surface area contributed by atoms with Crippen LogP contribution in [0.15, 0.2) is 84.9 Å². The Bertz CT molecular complexity index is 1130. The Hall–Kier alpha value is -3.12. The molecule has 2 aliphatic heterocycles. The number of likely N-dealkylation sites (tertiary alicyclic amines) is 2. The second-order valence-corrected chi connectivity index (χ2v) is 10.5. The lowest BCUT2D eigenvalue weighted by molar-refractivity contribution is -0.139. The SMILES string of the molecule is O=C1N(Cc2ccc(C(F)(F)F)cc2)CCC12CCN(CCC(c1ccccc1)c1ccccc1)CC2. The summed E-state index contributed by atoms with van der Waals surface area (Å²) in [6.07, 6.45) is -0.804. The smallest absolute Gasteiger partial charge is 0.338 e. The van der Waals surface area contributed by atoms with Crippen LogP contribution in [0.1, 0.15) is 53.9 Å². The number of halogens is 3. The van der Waals surface area contributed by atoms with Crippen LogP contribution in [0.5, 0.6) is 0 Å². The fourth-order valence-corrected chi connectivity index (χ4v) is 5.94. The van der Waals surface area contributed by atoms with E-state index in [2.05, 4.69) is 65.6 Å². The van der Waals surface area contributed by atoms with Gasteiger partial charge in [-0.2, -0.15) is 13.2 Å². The molecular formula is C31H33F3N2O. The fraction of sp³-hybridized carbons (Fsp3) is 0.387. The summed E-state index contributed by atoms with van der Waals surface area (Å²) in [5.41, 5.74) is 2.41. The summed E-state index contributed by atoms with van der Waals surface area (Å²) in [6.45, 7) is 3.82. The van der Waals surface area contributed by atoms with E-state index in [1.807, 2.05) is 4.90 Å². The number of nitrogens with zero attached hydrogens (tertiary/aromatic N) is 2. The Balaban J connectivity index is 1.17. The average Bonchev–Trinajstić information content (AvgIpc) is 3.21. The molecule has 2 aliphatic rings. The highest BCUT2D eigenvalue weighted by molar-refractivity contribution is 5.85. The number of carbonyl (C=O) groups excluding carboxylic acids is 1. The maximum atomic E-state index is 13.4. The number of rotatable bonds is 7. The first-order valence-electron chi connectivity index (χ1n) is 13.1. The minimum atomic E-state index is -4.35. The van der Waals surface area contributed by atoms with Gasteiger partial charge in [0.15, 0.2) is 0 Å². The van der Waals surface area contributed by atoms with Gasteiger partial charge in [0.2, 0.25) is 5.91 Å². The van der Waals surface area contributed by atoms with Crippen molar-refractivity contribution < 1.29 is 18.0 Å².